The summed E-state index contributed by atoms with van der Waals surface area (Å²) < 4.78 is 27.3. The van der Waals surface area contributed by atoms with Crippen molar-refractivity contribution in [3.63, 3.8) is 0 Å². The van der Waals surface area contributed by atoms with Gasteiger partial charge in [-0.25, -0.2) is 0 Å². The number of nitrogens with zero attached hydrogens (tertiary/aromatic N) is 1. The van der Waals surface area contributed by atoms with Gasteiger partial charge in [-0.1, -0.05) is 6.07 Å². The van der Waals surface area contributed by atoms with E-state index in [4.69, 9.17) is 23.7 Å². The van der Waals surface area contributed by atoms with Gasteiger partial charge in [0.25, 0.3) is 11.7 Å². The highest BCUT2D eigenvalue weighted by atomic mass is 16.7. The lowest BCUT2D eigenvalue weighted by Gasteiger charge is -2.27. The normalized spacial score (nSPS) is 22.9. The molecule has 2 aromatic rings. The Kier molecular flexibility index (Phi) is 5.79. The highest BCUT2D eigenvalue weighted by molar-refractivity contribution is 6.46. The molecule has 3 aliphatic rings. The summed E-state index contributed by atoms with van der Waals surface area (Å²) in [5.41, 5.74) is 0.955. The van der Waals surface area contributed by atoms with Crippen LogP contribution in [0.25, 0.3) is 5.76 Å². The van der Waals surface area contributed by atoms with Crippen molar-refractivity contribution < 1.29 is 38.4 Å². The summed E-state index contributed by atoms with van der Waals surface area (Å²) in [6.45, 7) is 0.960. The molecule has 0 aromatic heterocycles. The molecule has 0 bridgehead atoms. The quantitative estimate of drug-likeness (QED) is 0.393. The molecule has 3 heterocycles. The van der Waals surface area contributed by atoms with E-state index < -0.39 is 17.7 Å². The number of hydrogen-bond acceptors (Lipinski definition) is 8. The van der Waals surface area contributed by atoms with Crippen LogP contribution in [0.2, 0.25) is 0 Å². The predicted molar refractivity (Wildman–Crippen MR) is 120 cm³/mol. The van der Waals surface area contributed by atoms with Gasteiger partial charge >= 0.3 is 0 Å². The number of benzene rings is 2. The Morgan fingerprint density at radius 2 is 1.85 bits per heavy atom. The Morgan fingerprint density at radius 3 is 2.59 bits per heavy atom. The van der Waals surface area contributed by atoms with Crippen LogP contribution >= 0.6 is 0 Å². The van der Waals surface area contributed by atoms with Gasteiger partial charge in [-0.2, -0.15) is 0 Å². The zero-order valence-corrected chi connectivity index (χ0v) is 18.9. The number of fused-ring (bicyclic) bond motifs is 1. The minimum Gasteiger partial charge on any atom is -0.507 e. The van der Waals surface area contributed by atoms with Gasteiger partial charge in [0.05, 0.1) is 31.9 Å². The molecule has 0 saturated carbocycles. The number of amides is 1. The molecule has 1 amide bonds. The number of ketones is 1. The first-order valence-corrected chi connectivity index (χ1v) is 11.0. The lowest BCUT2D eigenvalue weighted by atomic mass is 9.94. The molecule has 1 N–H and O–H groups in total. The molecule has 3 aliphatic heterocycles. The van der Waals surface area contributed by atoms with E-state index in [1.165, 1.54) is 19.1 Å². The van der Waals surface area contributed by atoms with Gasteiger partial charge in [0.2, 0.25) is 6.79 Å². The summed E-state index contributed by atoms with van der Waals surface area (Å²) >= 11 is 0. The fourth-order valence-corrected chi connectivity index (χ4v) is 4.64. The first-order chi connectivity index (χ1) is 16.5. The third kappa shape index (κ3) is 3.71. The van der Waals surface area contributed by atoms with E-state index in [9.17, 15) is 14.7 Å². The fraction of sp³-hybridized carbons (Fsp3) is 0.360. The number of ether oxygens (including phenoxy) is 5. The number of carbonyl (C=O) groups is 2. The van der Waals surface area contributed by atoms with Crippen molar-refractivity contribution in [1.82, 2.24) is 4.90 Å². The molecule has 0 spiro atoms. The van der Waals surface area contributed by atoms with Crippen LogP contribution in [0.4, 0.5) is 0 Å². The van der Waals surface area contributed by atoms with Gasteiger partial charge in [-0.3, -0.25) is 9.59 Å². The van der Waals surface area contributed by atoms with Crippen LogP contribution in [-0.2, 0) is 14.3 Å². The van der Waals surface area contributed by atoms with Crippen LogP contribution in [0.15, 0.2) is 42.0 Å². The van der Waals surface area contributed by atoms with Crippen molar-refractivity contribution in [3.05, 3.63) is 53.1 Å². The Bertz CT molecular complexity index is 1170. The first kappa shape index (κ1) is 22.1. The maximum Gasteiger partial charge on any atom is 0.295 e. The van der Waals surface area contributed by atoms with Crippen LogP contribution in [0.5, 0.6) is 23.0 Å². The lowest BCUT2D eigenvalue weighted by molar-refractivity contribution is -0.140. The molecule has 178 valence electrons. The first-order valence-electron chi connectivity index (χ1n) is 11.0. The zero-order valence-electron chi connectivity index (χ0n) is 18.9. The van der Waals surface area contributed by atoms with Crippen molar-refractivity contribution in [2.45, 2.75) is 25.0 Å². The number of methoxy groups -OCH3 is 2. The number of likely N-dealkylation sites (tertiary alicyclic amines) is 1. The summed E-state index contributed by atoms with van der Waals surface area (Å²) in [5, 5.41) is 11.3. The van der Waals surface area contributed by atoms with Gasteiger partial charge in [0, 0.05) is 18.7 Å². The molecule has 0 aliphatic carbocycles. The summed E-state index contributed by atoms with van der Waals surface area (Å²) in [7, 11) is 2.99. The molecule has 9 nitrogen and oxygen atoms in total. The van der Waals surface area contributed by atoms with Crippen molar-refractivity contribution in [2.24, 2.45) is 0 Å². The van der Waals surface area contributed by atoms with Crippen molar-refractivity contribution in [2.75, 3.05) is 34.2 Å². The predicted octanol–water partition coefficient (Wildman–Crippen LogP) is 3.03. The fourth-order valence-electron chi connectivity index (χ4n) is 4.64. The van der Waals surface area contributed by atoms with E-state index in [2.05, 4.69) is 0 Å². The number of Topliss-reactive ketones (excluding diaryl/α,β-unsaturated/α-hetero) is 1. The summed E-state index contributed by atoms with van der Waals surface area (Å²) in [6.07, 6.45) is 1.53. The molecule has 2 saturated heterocycles. The summed E-state index contributed by atoms with van der Waals surface area (Å²) in [5.74, 6) is 0.237. The van der Waals surface area contributed by atoms with E-state index in [1.807, 2.05) is 0 Å². The standard InChI is InChI=1S/C25H25NO8/c1-30-17-7-6-15(11-19(17)31-2)23(27)21-22(14-5-8-18-20(10-14)34-13-33-18)26(25(29)24(21)28)12-16-4-3-9-32-16/h5-8,10-11,16,22,27H,3-4,9,12-13H2,1-2H3/b23-21+. The largest absolute Gasteiger partial charge is 0.507 e. The minimum atomic E-state index is -0.813. The number of hydrogen-bond donors (Lipinski definition) is 1. The van der Waals surface area contributed by atoms with Gasteiger partial charge in [0.15, 0.2) is 23.0 Å². The molecule has 2 fully saturated rings. The molecular formula is C25H25NO8. The average molecular weight is 467 g/mol. The number of carbonyl (C=O) groups excluding carboxylic acids is 2. The second-order valence-electron chi connectivity index (χ2n) is 8.27. The van der Waals surface area contributed by atoms with Crippen LogP contribution in [0.1, 0.15) is 30.0 Å². The molecule has 34 heavy (non-hydrogen) atoms. The highest BCUT2D eigenvalue weighted by Gasteiger charge is 2.47. The number of rotatable bonds is 6. The Hall–Kier alpha value is -3.72. The van der Waals surface area contributed by atoms with E-state index in [0.717, 1.165) is 12.8 Å². The van der Waals surface area contributed by atoms with Crippen LogP contribution in [-0.4, -0.2) is 62.0 Å². The van der Waals surface area contributed by atoms with Crippen molar-refractivity contribution >= 4 is 17.4 Å². The highest BCUT2D eigenvalue weighted by Crippen LogP contribution is 2.44. The van der Waals surface area contributed by atoms with Gasteiger partial charge in [-0.15, -0.1) is 0 Å². The molecule has 2 atom stereocenters. The molecule has 2 unspecified atom stereocenters. The molecular weight excluding hydrogens is 442 g/mol. The second kappa shape index (κ2) is 8.90. The van der Waals surface area contributed by atoms with Crippen molar-refractivity contribution in [3.8, 4) is 23.0 Å². The lowest BCUT2D eigenvalue weighted by Crippen LogP contribution is -2.36. The molecule has 5 rings (SSSR count). The van der Waals surface area contributed by atoms with Crippen LogP contribution in [0, 0.1) is 0 Å². The third-order valence-electron chi connectivity index (χ3n) is 6.33. The van der Waals surface area contributed by atoms with E-state index >= 15 is 0 Å². The Balaban J connectivity index is 1.63. The van der Waals surface area contributed by atoms with Crippen LogP contribution < -0.4 is 18.9 Å². The second-order valence-corrected chi connectivity index (χ2v) is 8.27. The van der Waals surface area contributed by atoms with E-state index in [0.29, 0.717) is 40.7 Å². The minimum absolute atomic E-state index is 0.00548. The number of aliphatic hydroxyl groups is 1. The van der Waals surface area contributed by atoms with Gasteiger partial charge < -0.3 is 33.7 Å². The monoisotopic (exact) mass is 467 g/mol. The van der Waals surface area contributed by atoms with Crippen molar-refractivity contribution in [1.29, 1.82) is 0 Å². The smallest absolute Gasteiger partial charge is 0.295 e. The van der Waals surface area contributed by atoms with E-state index in [-0.39, 0.29) is 30.8 Å². The Morgan fingerprint density at radius 1 is 1.06 bits per heavy atom. The molecule has 9 heteroatoms. The molecule has 0 radical (unpaired) electrons. The molecule has 2 aromatic carbocycles. The van der Waals surface area contributed by atoms with E-state index in [1.54, 1.807) is 36.4 Å². The maximum absolute atomic E-state index is 13.2. The zero-order chi connectivity index (χ0) is 23.8. The Labute approximate surface area is 196 Å². The maximum atomic E-state index is 13.2. The number of aliphatic hydroxyl groups excluding tert-OH is 1. The average Bonchev–Trinajstić information content (AvgIpc) is 3.60. The summed E-state index contributed by atoms with van der Waals surface area (Å²) in [4.78, 5) is 27.9. The third-order valence-corrected chi connectivity index (χ3v) is 6.33. The van der Waals surface area contributed by atoms with Gasteiger partial charge in [0.1, 0.15) is 5.76 Å². The summed E-state index contributed by atoms with van der Waals surface area (Å²) in [6, 6.07) is 9.25. The van der Waals surface area contributed by atoms with Crippen LogP contribution in [0.3, 0.4) is 0 Å². The topological polar surface area (TPSA) is 104 Å². The van der Waals surface area contributed by atoms with Gasteiger partial charge in [-0.05, 0) is 48.7 Å². The SMILES string of the molecule is COc1ccc(/C(O)=C2\C(=O)C(=O)N(CC3CCCO3)C2c2ccc3c(c2)OCO3)cc1OC.